The van der Waals surface area contributed by atoms with Crippen LogP contribution in [0, 0.1) is 0 Å². The Morgan fingerprint density at radius 2 is 2.00 bits per heavy atom. The van der Waals surface area contributed by atoms with Gasteiger partial charge in [0.25, 0.3) is 5.91 Å². The molecule has 6 heteroatoms. The Kier molecular flexibility index (Phi) is 4.19. The average Bonchev–Trinajstić information content (AvgIpc) is 3.13. The highest BCUT2D eigenvalue weighted by atomic mass is 16.6. The Hall–Kier alpha value is -2.73. The summed E-state index contributed by atoms with van der Waals surface area (Å²) in [6, 6.07) is 15.3. The Labute approximate surface area is 145 Å². The number of aromatic nitrogens is 1. The van der Waals surface area contributed by atoms with Crippen molar-refractivity contribution >= 4 is 11.6 Å². The maximum atomic E-state index is 12.7. The summed E-state index contributed by atoms with van der Waals surface area (Å²) in [7, 11) is 0. The zero-order valence-electron chi connectivity index (χ0n) is 13.7. The molecule has 0 radical (unpaired) electrons. The fourth-order valence-electron chi connectivity index (χ4n) is 3.43. The molecule has 1 aromatic carbocycles. The van der Waals surface area contributed by atoms with Gasteiger partial charge in [0.1, 0.15) is 5.71 Å². The first kappa shape index (κ1) is 15.8. The van der Waals surface area contributed by atoms with Crippen molar-refractivity contribution in [2.24, 2.45) is 5.16 Å². The number of amides is 1. The van der Waals surface area contributed by atoms with Gasteiger partial charge >= 0.3 is 0 Å². The zero-order chi connectivity index (χ0) is 17.2. The Bertz CT molecular complexity index is 779. The maximum absolute atomic E-state index is 12.7. The zero-order valence-corrected chi connectivity index (χ0v) is 13.7. The van der Waals surface area contributed by atoms with Gasteiger partial charge in [-0.05, 0) is 17.7 Å². The fraction of sp³-hybridized carbons (Fsp3) is 0.316. The number of nitrogens with zero attached hydrogens (tertiary/aromatic N) is 3. The Morgan fingerprint density at radius 1 is 1.20 bits per heavy atom. The van der Waals surface area contributed by atoms with E-state index in [1.54, 1.807) is 11.1 Å². The van der Waals surface area contributed by atoms with Gasteiger partial charge < -0.3 is 14.8 Å². The fourth-order valence-corrected chi connectivity index (χ4v) is 3.43. The summed E-state index contributed by atoms with van der Waals surface area (Å²) in [4.78, 5) is 24.0. The summed E-state index contributed by atoms with van der Waals surface area (Å²) < 4.78 is 0. The van der Waals surface area contributed by atoms with Crippen molar-refractivity contribution in [3.05, 3.63) is 66.0 Å². The molecule has 0 aliphatic carbocycles. The van der Waals surface area contributed by atoms with E-state index in [2.05, 4.69) is 10.1 Å². The summed E-state index contributed by atoms with van der Waals surface area (Å²) in [5, 5.41) is 13.8. The van der Waals surface area contributed by atoms with E-state index in [-0.39, 0.29) is 24.5 Å². The summed E-state index contributed by atoms with van der Waals surface area (Å²) >= 11 is 0. The van der Waals surface area contributed by atoms with E-state index in [9.17, 15) is 9.90 Å². The third-order valence-corrected chi connectivity index (χ3v) is 4.86. The minimum atomic E-state index is -0.636. The van der Waals surface area contributed by atoms with Crippen LogP contribution in [0.4, 0.5) is 0 Å². The topological polar surface area (TPSA) is 75.0 Å². The van der Waals surface area contributed by atoms with Gasteiger partial charge in [-0.25, -0.2) is 0 Å². The van der Waals surface area contributed by atoms with Gasteiger partial charge in [0.2, 0.25) is 6.10 Å². The monoisotopic (exact) mass is 337 g/mol. The third kappa shape index (κ3) is 2.89. The summed E-state index contributed by atoms with van der Waals surface area (Å²) in [6.45, 7) is 0.527. The van der Waals surface area contributed by atoms with Crippen molar-refractivity contribution in [1.29, 1.82) is 0 Å². The summed E-state index contributed by atoms with van der Waals surface area (Å²) in [5.74, 6) is 0.0358. The number of aliphatic hydroxyl groups is 1. The molecule has 1 unspecified atom stereocenters. The molecule has 0 bridgehead atoms. The summed E-state index contributed by atoms with van der Waals surface area (Å²) in [6.07, 6.45) is 1.46. The number of pyridine rings is 1. The second-order valence-electron chi connectivity index (χ2n) is 6.31. The number of carbonyl (C=O) groups excluding carboxylic acids is 1. The SMILES string of the molecule is O=C(C1CC(c2ccccn2)=NO1)N1C[C@H](c2ccccc2)[C@H]1CO. The number of oxime groups is 1. The van der Waals surface area contributed by atoms with Gasteiger partial charge in [-0.2, -0.15) is 0 Å². The lowest BCUT2D eigenvalue weighted by Crippen LogP contribution is -2.61. The minimum absolute atomic E-state index is 0.0635. The minimum Gasteiger partial charge on any atom is -0.394 e. The van der Waals surface area contributed by atoms with Crippen molar-refractivity contribution in [2.45, 2.75) is 24.5 Å². The van der Waals surface area contributed by atoms with Gasteiger partial charge in [-0.15, -0.1) is 0 Å². The van der Waals surface area contributed by atoms with Crippen molar-refractivity contribution in [3.63, 3.8) is 0 Å². The lowest BCUT2D eigenvalue weighted by Gasteiger charge is -2.48. The molecular formula is C19H19N3O3. The Morgan fingerprint density at radius 3 is 2.72 bits per heavy atom. The predicted molar refractivity (Wildman–Crippen MR) is 92.0 cm³/mol. The first-order valence-electron chi connectivity index (χ1n) is 8.38. The van der Waals surface area contributed by atoms with Crippen LogP contribution in [0.5, 0.6) is 0 Å². The largest absolute Gasteiger partial charge is 0.394 e. The predicted octanol–water partition coefficient (Wildman–Crippen LogP) is 1.56. The van der Waals surface area contributed by atoms with Crippen LogP contribution < -0.4 is 0 Å². The van der Waals surface area contributed by atoms with Crippen molar-refractivity contribution in [2.75, 3.05) is 13.2 Å². The van der Waals surface area contributed by atoms with Crippen molar-refractivity contribution in [1.82, 2.24) is 9.88 Å². The molecular weight excluding hydrogens is 318 g/mol. The smallest absolute Gasteiger partial charge is 0.267 e. The molecule has 2 aromatic rings. The van der Waals surface area contributed by atoms with Crippen molar-refractivity contribution in [3.8, 4) is 0 Å². The first-order chi connectivity index (χ1) is 12.3. The van der Waals surface area contributed by atoms with E-state index in [0.29, 0.717) is 18.7 Å². The molecule has 0 spiro atoms. The number of hydrogen-bond donors (Lipinski definition) is 1. The van der Waals surface area contributed by atoms with E-state index in [4.69, 9.17) is 4.84 Å². The van der Waals surface area contributed by atoms with E-state index in [0.717, 1.165) is 11.3 Å². The number of likely N-dealkylation sites (tertiary alicyclic amines) is 1. The molecule has 2 aliphatic heterocycles. The summed E-state index contributed by atoms with van der Waals surface area (Å²) in [5.41, 5.74) is 2.55. The Balaban J connectivity index is 1.41. The van der Waals surface area contributed by atoms with E-state index < -0.39 is 6.10 Å². The highest BCUT2D eigenvalue weighted by Crippen LogP contribution is 2.35. The molecule has 6 nitrogen and oxygen atoms in total. The van der Waals surface area contributed by atoms with Crippen LogP contribution in [-0.4, -0.2) is 51.9 Å². The van der Waals surface area contributed by atoms with Crippen LogP contribution in [0.1, 0.15) is 23.6 Å². The number of aliphatic hydroxyl groups excluding tert-OH is 1. The lowest BCUT2D eigenvalue weighted by molar-refractivity contribution is -0.153. The molecule has 2 aliphatic rings. The molecule has 4 rings (SSSR count). The van der Waals surface area contributed by atoms with Crippen LogP contribution in [0.2, 0.25) is 0 Å². The highest BCUT2D eigenvalue weighted by molar-refractivity contribution is 6.02. The molecule has 1 N–H and O–H groups in total. The normalized spacial score (nSPS) is 25.1. The van der Waals surface area contributed by atoms with Crippen LogP contribution in [0.3, 0.4) is 0 Å². The van der Waals surface area contributed by atoms with E-state index in [1.807, 2.05) is 48.5 Å². The molecule has 128 valence electrons. The van der Waals surface area contributed by atoms with Gasteiger partial charge in [0.05, 0.1) is 18.3 Å². The van der Waals surface area contributed by atoms with Gasteiger partial charge in [-0.3, -0.25) is 9.78 Å². The van der Waals surface area contributed by atoms with Crippen LogP contribution in [-0.2, 0) is 9.63 Å². The first-order valence-corrected chi connectivity index (χ1v) is 8.38. The van der Waals surface area contributed by atoms with Crippen LogP contribution in [0.25, 0.3) is 0 Å². The maximum Gasteiger partial charge on any atom is 0.267 e. The second kappa shape index (κ2) is 6.64. The molecule has 1 saturated heterocycles. The van der Waals surface area contributed by atoms with Crippen molar-refractivity contribution < 1.29 is 14.7 Å². The average molecular weight is 337 g/mol. The standard InChI is InChI=1S/C19H19N3O3/c23-12-17-14(13-6-2-1-3-7-13)11-22(17)19(24)18-10-16(21-25-18)15-8-4-5-9-20-15/h1-9,14,17-18,23H,10-12H2/t14-,17-,18?/m1/s1. The molecule has 1 amide bonds. The second-order valence-corrected chi connectivity index (χ2v) is 6.31. The van der Waals surface area contributed by atoms with Gasteiger partial charge in [0, 0.05) is 25.1 Å². The lowest BCUT2D eigenvalue weighted by atomic mass is 9.82. The quantitative estimate of drug-likeness (QED) is 0.919. The van der Waals surface area contributed by atoms with E-state index >= 15 is 0 Å². The third-order valence-electron chi connectivity index (χ3n) is 4.86. The molecule has 25 heavy (non-hydrogen) atoms. The molecule has 0 saturated carbocycles. The highest BCUT2D eigenvalue weighted by Gasteiger charge is 2.46. The van der Waals surface area contributed by atoms with E-state index in [1.165, 1.54) is 0 Å². The molecule has 1 aromatic heterocycles. The number of rotatable bonds is 4. The number of benzene rings is 1. The van der Waals surface area contributed by atoms with Crippen LogP contribution in [0.15, 0.2) is 59.9 Å². The number of hydrogen-bond acceptors (Lipinski definition) is 5. The molecule has 3 atom stereocenters. The van der Waals surface area contributed by atoms with Crippen LogP contribution >= 0.6 is 0 Å². The number of carbonyl (C=O) groups is 1. The van der Waals surface area contributed by atoms with Gasteiger partial charge in [-0.1, -0.05) is 41.6 Å². The van der Waals surface area contributed by atoms with Gasteiger partial charge in [0.15, 0.2) is 0 Å². The molecule has 3 heterocycles. The molecule has 1 fully saturated rings.